The number of aryl methyl sites for hydroxylation is 1. The molecule has 0 saturated carbocycles. The van der Waals surface area contributed by atoms with Gasteiger partial charge in [-0.25, -0.2) is 13.1 Å². The predicted molar refractivity (Wildman–Crippen MR) is 86.0 cm³/mol. The van der Waals surface area contributed by atoms with Crippen molar-refractivity contribution in [3.05, 3.63) is 17.5 Å². The number of nitrogens with one attached hydrogen (secondary N) is 1. The topological polar surface area (TPSA) is 73.2 Å². The molecule has 0 radical (unpaired) electrons. The lowest BCUT2D eigenvalue weighted by molar-refractivity contribution is 0.102. The van der Waals surface area contributed by atoms with E-state index in [1.807, 2.05) is 34.7 Å². The summed E-state index contributed by atoms with van der Waals surface area (Å²) in [6.07, 6.45) is 2.83. The summed E-state index contributed by atoms with van der Waals surface area (Å²) in [5.74, 6) is 0.145. The lowest BCUT2D eigenvalue weighted by Crippen LogP contribution is -2.38. The highest BCUT2D eigenvalue weighted by Crippen LogP contribution is 2.31. The highest BCUT2D eigenvalue weighted by molar-refractivity contribution is 7.89. The number of rotatable bonds is 5. The van der Waals surface area contributed by atoms with E-state index < -0.39 is 10.0 Å². The van der Waals surface area contributed by atoms with Gasteiger partial charge in [-0.15, -0.1) is 0 Å². The van der Waals surface area contributed by atoms with Crippen molar-refractivity contribution in [1.82, 2.24) is 14.5 Å². The van der Waals surface area contributed by atoms with Crippen LogP contribution in [0.2, 0.25) is 0 Å². The molecule has 0 spiro atoms. The third kappa shape index (κ3) is 4.30. The maximum atomic E-state index is 12.3. The van der Waals surface area contributed by atoms with Gasteiger partial charge >= 0.3 is 0 Å². The molecule has 1 fully saturated rings. The van der Waals surface area contributed by atoms with Crippen LogP contribution in [-0.4, -0.2) is 36.6 Å². The van der Waals surface area contributed by atoms with Crippen LogP contribution in [0.15, 0.2) is 6.20 Å². The number of nitrogens with zero attached hydrogens (tertiary/aromatic N) is 2. The minimum atomic E-state index is -3.30. The molecule has 2 atom stereocenters. The van der Waals surface area contributed by atoms with E-state index in [-0.39, 0.29) is 23.3 Å². The summed E-state index contributed by atoms with van der Waals surface area (Å²) >= 11 is 0. The van der Waals surface area contributed by atoms with Crippen molar-refractivity contribution in [3.8, 4) is 0 Å². The average Bonchev–Trinajstić information content (AvgIpc) is 2.95. The van der Waals surface area contributed by atoms with Crippen LogP contribution in [-0.2, 0) is 21.8 Å². The fourth-order valence-electron chi connectivity index (χ4n) is 2.54. The lowest BCUT2D eigenvalue weighted by atomic mass is 9.94. The average molecular weight is 329 g/mol. The van der Waals surface area contributed by atoms with Crippen LogP contribution in [0.3, 0.4) is 0 Å². The summed E-state index contributed by atoms with van der Waals surface area (Å²) in [6.45, 7) is 8.66. The van der Waals surface area contributed by atoms with Gasteiger partial charge < -0.3 is 4.74 Å². The Labute approximate surface area is 133 Å². The van der Waals surface area contributed by atoms with Crippen molar-refractivity contribution < 1.29 is 13.2 Å². The van der Waals surface area contributed by atoms with Crippen molar-refractivity contribution >= 4 is 10.0 Å². The first-order valence-corrected chi connectivity index (χ1v) is 9.34. The van der Waals surface area contributed by atoms with E-state index >= 15 is 0 Å². The Morgan fingerprint density at radius 2 is 2.14 bits per heavy atom. The van der Waals surface area contributed by atoms with Gasteiger partial charge in [0.25, 0.3) is 0 Å². The highest BCUT2D eigenvalue weighted by atomic mass is 32.2. The normalized spacial score (nSPS) is 23.1. The van der Waals surface area contributed by atoms with E-state index in [1.165, 1.54) is 0 Å². The summed E-state index contributed by atoms with van der Waals surface area (Å²) in [5.41, 5.74) is 1.97. The lowest BCUT2D eigenvalue weighted by Gasteiger charge is -2.22. The molecule has 0 unspecified atom stereocenters. The predicted octanol–water partition coefficient (Wildman–Crippen LogP) is 1.91. The van der Waals surface area contributed by atoms with E-state index in [4.69, 9.17) is 4.74 Å². The Balaban J connectivity index is 2.07. The zero-order valence-corrected chi connectivity index (χ0v) is 14.9. The van der Waals surface area contributed by atoms with Gasteiger partial charge in [0.1, 0.15) is 6.10 Å². The first kappa shape index (κ1) is 17.4. The van der Waals surface area contributed by atoms with E-state index in [1.54, 1.807) is 10.9 Å². The van der Waals surface area contributed by atoms with Crippen LogP contribution in [0.1, 0.15) is 51.0 Å². The maximum Gasteiger partial charge on any atom is 0.211 e. The fraction of sp³-hybridized carbons (Fsp3) is 0.800. The van der Waals surface area contributed by atoms with Crippen molar-refractivity contribution in [2.75, 3.05) is 12.4 Å². The van der Waals surface area contributed by atoms with Gasteiger partial charge in [0, 0.05) is 24.9 Å². The zero-order chi connectivity index (χ0) is 16.5. The molecule has 7 heteroatoms. The first-order chi connectivity index (χ1) is 10.1. The Morgan fingerprint density at radius 1 is 1.45 bits per heavy atom. The summed E-state index contributed by atoms with van der Waals surface area (Å²) in [6, 6.07) is -0.215. The van der Waals surface area contributed by atoms with Crippen LogP contribution < -0.4 is 4.72 Å². The molecule has 0 aromatic carbocycles. The van der Waals surface area contributed by atoms with Gasteiger partial charge in [-0.2, -0.15) is 5.10 Å². The zero-order valence-electron chi connectivity index (χ0n) is 14.1. The minimum Gasteiger partial charge on any atom is -0.372 e. The SMILES string of the molecule is Cc1c([C@H]2OCC[C@@H]2NS(=O)(=O)CCC(C)(C)C)cnn1C. The summed E-state index contributed by atoms with van der Waals surface area (Å²) in [7, 11) is -1.43. The molecule has 1 aliphatic heterocycles. The molecular weight excluding hydrogens is 302 g/mol. The highest BCUT2D eigenvalue weighted by Gasteiger charge is 2.34. The van der Waals surface area contributed by atoms with Crippen LogP contribution in [0, 0.1) is 12.3 Å². The molecule has 1 aliphatic rings. The number of aromatic nitrogens is 2. The molecule has 0 aliphatic carbocycles. The monoisotopic (exact) mass is 329 g/mol. The van der Waals surface area contributed by atoms with Gasteiger partial charge in [-0.3, -0.25) is 4.68 Å². The van der Waals surface area contributed by atoms with Crippen molar-refractivity contribution in [2.45, 2.75) is 52.7 Å². The van der Waals surface area contributed by atoms with E-state index in [2.05, 4.69) is 9.82 Å². The fourth-order valence-corrected chi connectivity index (χ4v) is 4.24. The number of sulfonamides is 1. The standard InChI is InChI=1S/C15H27N3O3S/c1-11-12(10-16-18(11)5)14-13(6-8-21-14)17-22(19,20)9-7-15(2,3)4/h10,13-14,17H,6-9H2,1-5H3/t13-,14+/m0/s1. The number of ether oxygens (including phenoxy) is 1. The first-order valence-electron chi connectivity index (χ1n) is 7.69. The van der Waals surface area contributed by atoms with Crippen molar-refractivity contribution in [2.24, 2.45) is 12.5 Å². The molecule has 22 heavy (non-hydrogen) atoms. The molecule has 2 rings (SSSR count). The smallest absolute Gasteiger partial charge is 0.211 e. The second kappa shape index (κ2) is 6.29. The molecule has 6 nitrogen and oxygen atoms in total. The van der Waals surface area contributed by atoms with Crippen LogP contribution in [0.25, 0.3) is 0 Å². The minimum absolute atomic E-state index is 0.000263. The number of hydrogen-bond acceptors (Lipinski definition) is 4. The van der Waals surface area contributed by atoms with Gasteiger partial charge in [-0.05, 0) is 25.2 Å². The van der Waals surface area contributed by atoms with Crippen molar-refractivity contribution in [1.29, 1.82) is 0 Å². The Bertz CT molecular complexity index is 616. The van der Waals surface area contributed by atoms with Gasteiger partial charge in [0.15, 0.2) is 0 Å². The molecule has 126 valence electrons. The largest absolute Gasteiger partial charge is 0.372 e. The van der Waals surface area contributed by atoms with Crippen molar-refractivity contribution in [3.63, 3.8) is 0 Å². The third-order valence-electron chi connectivity index (χ3n) is 4.12. The molecule has 0 amide bonds. The quantitative estimate of drug-likeness (QED) is 0.895. The van der Waals surface area contributed by atoms with Crippen LogP contribution >= 0.6 is 0 Å². The Kier molecular flexibility index (Phi) is 4.99. The Morgan fingerprint density at radius 3 is 2.68 bits per heavy atom. The molecule has 1 aromatic rings. The van der Waals surface area contributed by atoms with Gasteiger partial charge in [-0.1, -0.05) is 20.8 Å². The van der Waals surface area contributed by atoms with E-state index in [9.17, 15) is 8.42 Å². The molecule has 2 heterocycles. The summed E-state index contributed by atoms with van der Waals surface area (Å²) in [5, 5.41) is 4.22. The number of hydrogen-bond donors (Lipinski definition) is 1. The van der Waals surface area contributed by atoms with E-state index in [0.29, 0.717) is 19.4 Å². The maximum absolute atomic E-state index is 12.3. The molecule has 1 aromatic heterocycles. The van der Waals surface area contributed by atoms with Crippen LogP contribution in [0.4, 0.5) is 0 Å². The third-order valence-corrected chi connectivity index (χ3v) is 5.53. The Hall–Kier alpha value is -0.920. The molecular formula is C15H27N3O3S. The second-order valence-electron chi connectivity index (χ2n) is 7.24. The molecule has 0 bridgehead atoms. The molecule has 1 N–H and O–H groups in total. The van der Waals surface area contributed by atoms with Crippen LogP contribution in [0.5, 0.6) is 0 Å². The van der Waals surface area contributed by atoms with Gasteiger partial charge in [0.2, 0.25) is 10.0 Å². The van der Waals surface area contributed by atoms with E-state index in [0.717, 1.165) is 11.3 Å². The molecule has 1 saturated heterocycles. The summed E-state index contributed by atoms with van der Waals surface area (Å²) < 4.78 is 35.0. The summed E-state index contributed by atoms with van der Waals surface area (Å²) in [4.78, 5) is 0. The van der Waals surface area contributed by atoms with Gasteiger partial charge in [0.05, 0.1) is 18.0 Å². The second-order valence-corrected chi connectivity index (χ2v) is 9.12.